The molecule has 0 saturated carbocycles. The first-order chi connectivity index (χ1) is 10.3. The summed E-state index contributed by atoms with van der Waals surface area (Å²) in [5.41, 5.74) is -3.11. The van der Waals surface area contributed by atoms with E-state index < -0.39 is 11.8 Å². The Kier molecular flexibility index (Phi) is 3.42. The monoisotopic (exact) mass is 325 g/mol. The summed E-state index contributed by atoms with van der Waals surface area (Å²) >= 11 is 5.73. The van der Waals surface area contributed by atoms with E-state index in [0.717, 1.165) is 0 Å². The fraction of sp³-hybridized carbons (Fsp3) is 0.125. The first-order valence-electron chi connectivity index (χ1n) is 6.46. The van der Waals surface area contributed by atoms with Gasteiger partial charge in [0.15, 0.2) is 0 Å². The SMILES string of the molecule is O[C@](c1ccc(Cl)cc1)(c1c[nH]c2ccccc12)C(F)(F)F. The van der Waals surface area contributed by atoms with Gasteiger partial charge in [-0.1, -0.05) is 41.9 Å². The van der Waals surface area contributed by atoms with Crippen molar-refractivity contribution in [1.82, 2.24) is 4.98 Å². The van der Waals surface area contributed by atoms with E-state index in [-0.39, 0.29) is 11.1 Å². The molecule has 0 unspecified atom stereocenters. The van der Waals surface area contributed by atoms with Gasteiger partial charge in [0.05, 0.1) is 0 Å². The number of rotatable bonds is 2. The standard InChI is InChI=1S/C16H11ClF3NO/c17-11-7-5-10(6-8-11)15(22,16(18,19)20)13-9-21-14-4-2-1-3-12(13)14/h1-9,21-22H/t15-/m1/s1. The van der Waals surface area contributed by atoms with Crippen molar-refractivity contribution in [2.45, 2.75) is 11.8 Å². The third-order valence-corrected chi connectivity index (χ3v) is 3.90. The topological polar surface area (TPSA) is 36.0 Å². The number of aliphatic hydroxyl groups is 1. The Morgan fingerprint density at radius 2 is 1.59 bits per heavy atom. The predicted octanol–water partition coefficient (Wildman–Crippen LogP) is 4.62. The zero-order valence-corrected chi connectivity index (χ0v) is 11.9. The number of hydrogen-bond donors (Lipinski definition) is 2. The third-order valence-electron chi connectivity index (χ3n) is 3.65. The summed E-state index contributed by atoms with van der Waals surface area (Å²) in [7, 11) is 0. The van der Waals surface area contributed by atoms with Gasteiger partial charge in [-0.15, -0.1) is 0 Å². The molecule has 0 spiro atoms. The van der Waals surface area contributed by atoms with Crippen molar-refractivity contribution in [3.8, 4) is 0 Å². The highest BCUT2D eigenvalue weighted by Gasteiger charge is 2.57. The molecule has 114 valence electrons. The molecule has 1 atom stereocenters. The smallest absolute Gasteiger partial charge is 0.372 e. The second kappa shape index (κ2) is 5.04. The molecule has 2 aromatic carbocycles. The lowest BCUT2D eigenvalue weighted by Crippen LogP contribution is -2.43. The van der Waals surface area contributed by atoms with E-state index in [1.165, 1.54) is 36.5 Å². The minimum Gasteiger partial charge on any atom is -0.372 e. The molecule has 0 fully saturated rings. The highest BCUT2D eigenvalue weighted by Crippen LogP contribution is 2.46. The summed E-state index contributed by atoms with van der Waals surface area (Å²) in [6.45, 7) is 0. The number of fused-ring (bicyclic) bond motifs is 1. The average Bonchev–Trinajstić information content (AvgIpc) is 2.90. The van der Waals surface area contributed by atoms with Crippen molar-refractivity contribution < 1.29 is 18.3 Å². The Morgan fingerprint density at radius 1 is 0.955 bits per heavy atom. The molecule has 0 bridgehead atoms. The van der Waals surface area contributed by atoms with Gasteiger partial charge in [-0.25, -0.2) is 0 Å². The Bertz CT molecular complexity index is 810. The molecule has 1 aromatic heterocycles. The van der Waals surface area contributed by atoms with E-state index in [1.807, 2.05) is 0 Å². The van der Waals surface area contributed by atoms with Crippen LogP contribution in [0.1, 0.15) is 11.1 Å². The molecule has 0 saturated heterocycles. The van der Waals surface area contributed by atoms with Gasteiger partial charge in [0.2, 0.25) is 5.60 Å². The Morgan fingerprint density at radius 3 is 2.23 bits per heavy atom. The van der Waals surface area contributed by atoms with Crippen LogP contribution in [-0.2, 0) is 5.60 Å². The number of nitrogens with one attached hydrogen (secondary N) is 1. The molecule has 3 rings (SSSR count). The van der Waals surface area contributed by atoms with Crippen molar-refractivity contribution >= 4 is 22.5 Å². The van der Waals surface area contributed by atoms with Crippen LogP contribution in [0.4, 0.5) is 13.2 Å². The molecular weight excluding hydrogens is 315 g/mol. The molecule has 0 radical (unpaired) electrons. The van der Waals surface area contributed by atoms with Crippen LogP contribution in [0, 0.1) is 0 Å². The van der Waals surface area contributed by atoms with Crippen LogP contribution in [-0.4, -0.2) is 16.3 Å². The lowest BCUT2D eigenvalue weighted by atomic mass is 9.85. The van der Waals surface area contributed by atoms with Crippen LogP contribution < -0.4 is 0 Å². The lowest BCUT2D eigenvalue weighted by Gasteiger charge is -2.31. The van der Waals surface area contributed by atoms with Crippen molar-refractivity contribution in [3.63, 3.8) is 0 Å². The largest absolute Gasteiger partial charge is 0.425 e. The summed E-state index contributed by atoms with van der Waals surface area (Å²) < 4.78 is 41.1. The molecule has 0 aliphatic heterocycles. The van der Waals surface area contributed by atoms with Crippen molar-refractivity contribution in [2.24, 2.45) is 0 Å². The van der Waals surface area contributed by atoms with E-state index in [9.17, 15) is 18.3 Å². The van der Waals surface area contributed by atoms with Gasteiger partial charge in [-0.2, -0.15) is 13.2 Å². The molecule has 0 aliphatic rings. The minimum absolute atomic E-state index is 0.238. The predicted molar refractivity (Wildman–Crippen MR) is 78.8 cm³/mol. The Balaban J connectivity index is 2.29. The number of aromatic amines is 1. The number of halogens is 4. The number of aromatic nitrogens is 1. The highest BCUT2D eigenvalue weighted by molar-refractivity contribution is 6.30. The summed E-state index contributed by atoms with van der Waals surface area (Å²) in [6.07, 6.45) is -3.70. The molecule has 2 N–H and O–H groups in total. The van der Waals surface area contributed by atoms with Crippen molar-refractivity contribution in [2.75, 3.05) is 0 Å². The van der Waals surface area contributed by atoms with Gasteiger partial charge in [-0.3, -0.25) is 0 Å². The Labute approximate surface area is 129 Å². The maximum absolute atomic E-state index is 13.7. The second-order valence-electron chi connectivity index (χ2n) is 4.96. The van der Waals surface area contributed by atoms with Crippen LogP contribution in [0.15, 0.2) is 54.7 Å². The van der Waals surface area contributed by atoms with Gasteiger partial charge in [0.1, 0.15) is 0 Å². The number of para-hydroxylation sites is 1. The molecule has 0 amide bonds. The van der Waals surface area contributed by atoms with Gasteiger partial charge >= 0.3 is 6.18 Å². The van der Waals surface area contributed by atoms with Crippen molar-refractivity contribution in [3.05, 3.63) is 70.9 Å². The van der Waals surface area contributed by atoms with Crippen LogP contribution in [0.3, 0.4) is 0 Å². The summed E-state index contributed by atoms with van der Waals surface area (Å²) in [4.78, 5) is 2.76. The summed E-state index contributed by atoms with van der Waals surface area (Å²) in [6, 6.07) is 11.5. The number of benzene rings is 2. The molecule has 0 aliphatic carbocycles. The maximum atomic E-state index is 13.7. The van der Waals surface area contributed by atoms with Gasteiger partial charge in [0.25, 0.3) is 0 Å². The zero-order valence-electron chi connectivity index (χ0n) is 11.2. The molecule has 3 aromatic rings. The fourth-order valence-corrected chi connectivity index (χ4v) is 2.66. The molecule has 2 nitrogen and oxygen atoms in total. The lowest BCUT2D eigenvalue weighted by molar-refractivity contribution is -0.247. The third kappa shape index (κ3) is 2.17. The number of alkyl halides is 3. The highest BCUT2D eigenvalue weighted by atomic mass is 35.5. The van der Waals surface area contributed by atoms with Crippen LogP contribution in [0.5, 0.6) is 0 Å². The molecule has 6 heteroatoms. The van der Waals surface area contributed by atoms with Gasteiger partial charge < -0.3 is 10.1 Å². The molecule has 1 heterocycles. The normalized spacial score (nSPS) is 15.0. The first kappa shape index (κ1) is 14.9. The summed E-state index contributed by atoms with van der Waals surface area (Å²) in [5.74, 6) is 0. The fourth-order valence-electron chi connectivity index (χ4n) is 2.53. The average molecular weight is 326 g/mol. The number of H-pyrrole nitrogens is 1. The second-order valence-corrected chi connectivity index (χ2v) is 5.40. The minimum atomic E-state index is -4.88. The van der Waals surface area contributed by atoms with E-state index in [4.69, 9.17) is 11.6 Å². The maximum Gasteiger partial charge on any atom is 0.425 e. The van der Waals surface area contributed by atoms with Gasteiger partial charge in [0, 0.05) is 27.7 Å². The Hall–Kier alpha value is -1.98. The van der Waals surface area contributed by atoms with Crippen LogP contribution >= 0.6 is 11.6 Å². The van der Waals surface area contributed by atoms with E-state index in [1.54, 1.807) is 18.2 Å². The quantitative estimate of drug-likeness (QED) is 0.708. The van der Waals surface area contributed by atoms with Gasteiger partial charge in [-0.05, 0) is 23.8 Å². The number of hydrogen-bond acceptors (Lipinski definition) is 1. The molecular formula is C16H11ClF3NO. The van der Waals surface area contributed by atoms with Crippen LogP contribution in [0.25, 0.3) is 10.9 Å². The first-order valence-corrected chi connectivity index (χ1v) is 6.83. The van der Waals surface area contributed by atoms with E-state index in [2.05, 4.69) is 4.98 Å². The van der Waals surface area contributed by atoms with E-state index >= 15 is 0 Å². The van der Waals surface area contributed by atoms with Crippen molar-refractivity contribution in [1.29, 1.82) is 0 Å². The van der Waals surface area contributed by atoms with E-state index in [0.29, 0.717) is 15.9 Å². The molecule has 22 heavy (non-hydrogen) atoms. The zero-order chi connectivity index (χ0) is 16.0. The van der Waals surface area contributed by atoms with Crippen LogP contribution in [0.2, 0.25) is 5.02 Å². The summed E-state index contributed by atoms with van der Waals surface area (Å²) in [5, 5.41) is 11.2.